The Bertz CT molecular complexity index is 931. The van der Waals surface area contributed by atoms with Gasteiger partial charge in [0, 0.05) is 24.6 Å². The van der Waals surface area contributed by atoms with E-state index >= 15 is 0 Å². The Morgan fingerprint density at radius 1 is 1.11 bits per heavy atom. The first-order valence-electron chi connectivity index (χ1n) is 9.86. The fourth-order valence-electron chi connectivity index (χ4n) is 3.13. The zero-order valence-electron chi connectivity index (χ0n) is 16.5. The Morgan fingerprint density at radius 3 is 2.57 bits per heavy atom. The number of nitrogens with one attached hydrogen (secondary N) is 2. The van der Waals surface area contributed by atoms with Crippen LogP contribution in [0.5, 0.6) is 5.88 Å². The highest BCUT2D eigenvalue weighted by molar-refractivity contribution is 5.74. The largest absolute Gasteiger partial charge is 0.480 e. The van der Waals surface area contributed by atoms with Crippen molar-refractivity contribution in [3.63, 3.8) is 0 Å². The van der Waals surface area contributed by atoms with Crippen molar-refractivity contribution in [1.29, 1.82) is 0 Å². The van der Waals surface area contributed by atoms with E-state index in [1.807, 2.05) is 16.6 Å². The van der Waals surface area contributed by atoms with E-state index in [1.54, 1.807) is 13.2 Å². The smallest absolute Gasteiger partial charge is 0.233 e. The number of fused-ring (bicyclic) bond motifs is 1. The van der Waals surface area contributed by atoms with Crippen molar-refractivity contribution < 1.29 is 4.74 Å². The maximum Gasteiger partial charge on any atom is 0.233 e. The van der Waals surface area contributed by atoms with Crippen molar-refractivity contribution in [3.05, 3.63) is 24.0 Å². The number of hydrogen-bond donors (Lipinski definition) is 2. The van der Waals surface area contributed by atoms with Gasteiger partial charge in [-0.15, -0.1) is 25.5 Å². The third-order valence-corrected chi connectivity index (χ3v) is 5.18. The topological polar surface area (TPSA) is 102 Å². The van der Waals surface area contributed by atoms with Gasteiger partial charge in [-0.05, 0) is 24.8 Å². The van der Waals surface area contributed by atoms with E-state index in [0.29, 0.717) is 29.2 Å². The third-order valence-electron chi connectivity index (χ3n) is 5.18. The van der Waals surface area contributed by atoms with E-state index in [9.17, 15) is 0 Å². The summed E-state index contributed by atoms with van der Waals surface area (Å²) in [6.45, 7) is 5.31. The summed E-state index contributed by atoms with van der Waals surface area (Å²) in [5.41, 5.74) is 1.48. The predicted octanol–water partition coefficient (Wildman–Crippen LogP) is 3.39. The van der Waals surface area contributed by atoms with Gasteiger partial charge in [0.05, 0.1) is 12.8 Å². The zero-order valence-corrected chi connectivity index (χ0v) is 16.5. The first kappa shape index (κ1) is 18.4. The Labute approximate surface area is 163 Å². The van der Waals surface area contributed by atoms with Crippen LogP contribution in [-0.4, -0.2) is 43.7 Å². The van der Waals surface area contributed by atoms with Gasteiger partial charge in [-0.25, -0.2) is 0 Å². The van der Waals surface area contributed by atoms with Crippen LogP contribution in [0, 0.1) is 5.92 Å². The van der Waals surface area contributed by atoms with Gasteiger partial charge in [0.15, 0.2) is 11.6 Å². The van der Waals surface area contributed by atoms with Crippen LogP contribution >= 0.6 is 0 Å². The maximum absolute atomic E-state index is 5.07. The monoisotopic (exact) mass is 382 g/mol. The number of aromatic nitrogens is 6. The Balaban J connectivity index is 1.66. The molecule has 0 saturated heterocycles. The van der Waals surface area contributed by atoms with E-state index in [2.05, 4.69) is 44.9 Å². The minimum Gasteiger partial charge on any atom is -0.480 e. The minimum atomic E-state index is 0.449. The molecule has 148 valence electrons. The van der Waals surface area contributed by atoms with Crippen molar-refractivity contribution in [3.8, 4) is 5.88 Å². The fourth-order valence-corrected chi connectivity index (χ4v) is 3.13. The van der Waals surface area contributed by atoms with Crippen molar-refractivity contribution >= 4 is 23.0 Å². The molecule has 3 aromatic rings. The Kier molecular flexibility index (Phi) is 5.23. The molecule has 3 aromatic heterocycles. The van der Waals surface area contributed by atoms with Gasteiger partial charge < -0.3 is 15.4 Å². The van der Waals surface area contributed by atoms with Crippen LogP contribution in [0.15, 0.2) is 18.2 Å². The van der Waals surface area contributed by atoms with Crippen LogP contribution in [0.2, 0.25) is 0 Å². The van der Waals surface area contributed by atoms with E-state index in [1.165, 1.54) is 0 Å². The molecular formula is C19H26N8O. The molecule has 4 rings (SSSR count). The van der Waals surface area contributed by atoms with Crippen molar-refractivity contribution in [1.82, 2.24) is 30.0 Å². The zero-order chi connectivity index (χ0) is 19.5. The van der Waals surface area contributed by atoms with Crippen LogP contribution in [-0.2, 0) is 0 Å². The number of anilines is 3. The molecule has 0 radical (unpaired) electrons. The first-order valence-corrected chi connectivity index (χ1v) is 9.86. The highest BCUT2D eigenvalue weighted by Gasteiger charge is 2.30. The molecule has 0 bridgehead atoms. The molecule has 0 amide bonds. The molecule has 3 heterocycles. The molecule has 9 nitrogen and oxygen atoms in total. The van der Waals surface area contributed by atoms with E-state index in [0.717, 1.165) is 49.6 Å². The molecule has 0 spiro atoms. The van der Waals surface area contributed by atoms with Crippen molar-refractivity contribution in [2.45, 2.75) is 45.4 Å². The average molecular weight is 382 g/mol. The van der Waals surface area contributed by atoms with Gasteiger partial charge in [-0.3, -0.25) is 0 Å². The second kappa shape index (κ2) is 7.95. The summed E-state index contributed by atoms with van der Waals surface area (Å²) in [7, 11) is 1.57. The molecule has 2 N–H and O–H groups in total. The second-order valence-corrected chi connectivity index (χ2v) is 7.16. The second-order valence-electron chi connectivity index (χ2n) is 7.16. The summed E-state index contributed by atoms with van der Waals surface area (Å²) < 4.78 is 6.93. The molecule has 0 unspecified atom stereocenters. The molecule has 1 aliphatic carbocycles. The van der Waals surface area contributed by atoms with Gasteiger partial charge in [-0.1, -0.05) is 26.7 Å². The SMILES string of the molecule is CCC(CC)CNc1cc(Nc2ccc(OC)nn2)c2nnc(C3CC3)n2n1. The lowest BCUT2D eigenvalue weighted by Crippen LogP contribution is -2.15. The van der Waals surface area contributed by atoms with Gasteiger partial charge in [0.1, 0.15) is 5.82 Å². The lowest BCUT2D eigenvalue weighted by Gasteiger charge is -2.15. The van der Waals surface area contributed by atoms with Crippen molar-refractivity contribution in [2.24, 2.45) is 5.92 Å². The van der Waals surface area contributed by atoms with Crippen LogP contribution in [0.25, 0.3) is 5.65 Å². The standard InChI is InChI=1S/C19H26N8O/c1-4-12(5-2)11-20-16-10-14(21-15-8-9-17(28-3)23-22-15)19-25-24-18(13-6-7-13)27(19)26-16/h8-10,12-13H,4-7,11H2,1-3H3,(H,20,26)(H,21,22). The highest BCUT2D eigenvalue weighted by Crippen LogP contribution is 2.39. The van der Waals surface area contributed by atoms with Crippen LogP contribution in [0.4, 0.5) is 17.3 Å². The number of ether oxygens (including phenoxy) is 1. The normalized spacial score (nSPS) is 13.9. The molecule has 1 fully saturated rings. The fraction of sp³-hybridized carbons (Fsp3) is 0.526. The summed E-state index contributed by atoms with van der Waals surface area (Å²) >= 11 is 0. The summed E-state index contributed by atoms with van der Waals surface area (Å²) in [6.07, 6.45) is 4.55. The quantitative estimate of drug-likeness (QED) is 0.581. The molecule has 0 atom stereocenters. The number of nitrogens with zero attached hydrogens (tertiary/aromatic N) is 6. The number of hydrogen-bond acceptors (Lipinski definition) is 8. The molecule has 1 saturated carbocycles. The lowest BCUT2D eigenvalue weighted by atomic mass is 10.0. The van der Waals surface area contributed by atoms with E-state index < -0.39 is 0 Å². The van der Waals surface area contributed by atoms with Gasteiger partial charge in [0.2, 0.25) is 11.5 Å². The number of rotatable bonds is 9. The highest BCUT2D eigenvalue weighted by atomic mass is 16.5. The van der Waals surface area contributed by atoms with Crippen LogP contribution in [0.3, 0.4) is 0 Å². The van der Waals surface area contributed by atoms with E-state index in [4.69, 9.17) is 9.84 Å². The van der Waals surface area contributed by atoms with Crippen LogP contribution < -0.4 is 15.4 Å². The molecular weight excluding hydrogens is 356 g/mol. The molecule has 9 heteroatoms. The average Bonchev–Trinajstić information content (AvgIpc) is 3.48. The Hall–Kier alpha value is -2.97. The molecule has 0 aromatic carbocycles. The summed E-state index contributed by atoms with van der Waals surface area (Å²) in [6, 6.07) is 5.53. The maximum atomic E-state index is 5.07. The number of methoxy groups -OCH3 is 1. The summed E-state index contributed by atoms with van der Waals surface area (Å²) in [5.74, 6) is 3.86. The molecule has 28 heavy (non-hydrogen) atoms. The van der Waals surface area contributed by atoms with Gasteiger partial charge in [-0.2, -0.15) is 4.52 Å². The van der Waals surface area contributed by atoms with E-state index in [-0.39, 0.29) is 0 Å². The summed E-state index contributed by atoms with van der Waals surface area (Å²) in [4.78, 5) is 0. The molecule has 1 aliphatic rings. The van der Waals surface area contributed by atoms with Crippen LogP contribution in [0.1, 0.15) is 51.3 Å². The Morgan fingerprint density at radius 2 is 1.93 bits per heavy atom. The lowest BCUT2D eigenvalue weighted by molar-refractivity contribution is 0.392. The first-order chi connectivity index (χ1) is 13.7. The predicted molar refractivity (Wildman–Crippen MR) is 107 cm³/mol. The molecule has 0 aliphatic heterocycles. The van der Waals surface area contributed by atoms with Gasteiger partial charge >= 0.3 is 0 Å². The third kappa shape index (κ3) is 3.83. The van der Waals surface area contributed by atoms with Gasteiger partial charge in [0.25, 0.3) is 0 Å². The minimum absolute atomic E-state index is 0.449. The van der Waals surface area contributed by atoms with Crippen molar-refractivity contribution in [2.75, 3.05) is 24.3 Å². The summed E-state index contributed by atoms with van der Waals surface area (Å²) in [5, 5.41) is 28.4.